The third-order valence-electron chi connectivity index (χ3n) is 2.50. The van der Waals surface area contributed by atoms with Crippen molar-refractivity contribution in [1.29, 1.82) is 0 Å². The molecule has 1 nitrogen and oxygen atoms in total. The summed E-state index contributed by atoms with van der Waals surface area (Å²) in [5, 5.41) is 1.22. The number of benzene rings is 1. The molecular weight excluding hydrogens is 283 g/mol. The van der Waals surface area contributed by atoms with E-state index in [1.54, 1.807) is 0 Å². The monoisotopic (exact) mass is 302 g/mol. The predicted molar refractivity (Wildman–Crippen MR) is 77.3 cm³/mol. The van der Waals surface area contributed by atoms with Gasteiger partial charge >= 0.3 is 0 Å². The smallest absolute Gasteiger partial charge is 0.0723 e. The first kappa shape index (κ1) is 14.2. The molecule has 0 bridgehead atoms. The van der Waals surface area contributed by atoms with E-state index >= 15 is 0 Å². The van der Waals surface area contributed by atoms with Crippen molar-refractivity contribution in [2.75, 3.05) is 6.61 Å². The van der Waals surface area contributed by atoms with Crippen LogP contribution in [0.25, 0.3) is 0 Å². The first-order valence-corrected chi connectivity index (χ1v) is 7.22. The number of ether oxygens (including phenoxy) is 1. The summed E-state index contributed by atoms with van der Waals surface area (Å²) in [5.74, 6) is 0. The molecule has 3 heteroatoms. The van der Waals surface area contributed by atoms with Gasteiger partial charge in [0.15, 0.2) is 0 Å². The molecule has 16 heavy (non-hydrogen) atoms. The van der Waals surface area contributed by atoms with Crippen LogP contribution in [-0.4, -0.2) is 6.61 Å². The first-order valence-electron chi connectivity index (χ1n) is 5.85. The van der Waals surface area contributed by atoms with Crippen LogP contribution in [0.5, 0.6) is 0 Å². The predicted octanol–water partition coefficient (Wildman–Crippen LogP) is 4.05. The molecule has 0 aromatic heterocycles. The van der Waals surface area contributed by atoms with E-state index in [1.807, 2.05) is 6.07 Å². The van der Waals surface area contributed by atoms with Crippen LogP contribution < -0.4 is 5.30 Å². The first-order chi connectivity index (χ1) is 7.74. The summed E-state index contributed by atoms with van der Waals surface area (Å²) in [6, 6.07) is 6.26. The van der Waals surface area contributed by atoms with Gasteiger partial charge in [-0.15, -0.1) is 9.24 Å². The van der Waals surface area contributed by atoms with E-state index in [9.17, 15) is 0 Å². The highest BCUT2D eigenvalue weighted by atomic mass is 79.9. The lowest BCUT2D eigenvalue weighted by atomic mass is 10.2. The Balaban J connectivity index is 2.23. The zero-order valence-electron chi connectivity index (χ0n) is 9.84. The van der Waals surface area contributed by atoms with Crippen LogP contribution >= 0.6 is 25.2 Å². The molecule has 0 amide bonds. The van der Waals surface area contributed by atoms with Gasteiger partial charge in [-0.05, 0) is 29.4 Å². The summed E-state index contributed by atoms with van der Waals surface area (Å²) in [7, 11) is 2.75. The highest BCUT2D eigenvalue weighted by Gasteiger charge is 1.99. The quantitative estimate of drug-likeness (QED) is 0.545. The largest absolute Gasteiger partial charge is 0.377 e. The van der Waals surface area contributed by atoms with E-state index in [1.165, 1.54) is 36.6 Å². The second kappa shape index (κ2) is 8.22. The fraction of sp³-hybridized carbons (Fsp3) is 0.538. The molecule has 1 atom stereocenters. The van der Waals surface area contributed by atoms with Crippen LogP contribution in [0.2, 0.25) is 0 Å². The minimum absolute atomic E-state index is 0.713. The maximum absolute atomic E-state index is 5.67. The number of halogens is 1. The van der Waals surface area contributed by atoms with Gasteiger partial charge in [-0.1, -0.05) is 48.2 Å². The summed E-state index contributed by atoms with van der Waals surface area (Å²) >= 11 is 3.47. The lowest BCUT2D eigenvalue weighted by molar-refractivity contribution is 0.117. The van der Waals surface area contributed by atoms with Crippen molar-refractivity contribution in [3.8, 4) is 0 Å². The van der Waals surface area contributed by atoms with E-state index in [0.29, 0.717) is 6.61 Å². The molecule has 0 heterocycles. The minimum Gasteiger partial charge on any atom is -0.377 e. The number of unbranched alkanes of at least 4 members (excludes halogenated alkanes) is 3. The summed E-state index contributed by atoms with van der Waals surface area (Å²) in [4.78, 5) is 0. The Labute approximate surface area is 109 Å². The Bertz CT molecular complexity index is 315. The molecule has 0 aliphatic rings. The van der Waals surface area contributed by atoms with Crippen molar-refractivity contribution < 1.29 is 4.74 Å². The molecule has 0 fully saturated rings. The number of hydrogen-bond acceptors (Lipinski definition) is 1. The second-order valence-electron chi connectivity index (χ2n) is 3.96. The van der Waals surface area contributed by atoms with Crippen molar-refractivity contribution in [2.45, 2.75) is 39.2 Å². The van der Waals surface area contributed by atoms with Crippen molar-refractivity contribution in [3.63, 3.8) is 0 Å². The Morgan fingerprint density at radius 3 is 2.81 bits per heavy atom. The summed E-state index contributed by atoms with van der Waals surface area (Å²) in [5.41, 5.74) is 1.25. The van der Waals surface area contributed by atoms with Gasteiger partial charge in [0.1, 0.15) is 0 Å². The molecule has 0 aliphatic carbocycles. The van der Waals surface area contributed by atoms with E-state index in [-0.39, 0.29) is 0 Å². The average Bonchev–Trinajstić information content (AvgIpc) is 2.28. The van der Waals surface area contributed by atoms with E-state index < -0.39 is 0 Å². The van der Waals surface area contributed by atoms with Crippen LogP contribution in [0.3, 0.4) is 0 Å². The van der Waals surface area contributed by atoms with E-state index in [2.05, 4.69) is 44.2 Å². The molecule has 0 aliphatic heterocycles. The van der Waals surface area contributed by atoms with Gasteiger partial charge in [-0.3, -0.25) is 0 Å². The Kier molecular flexibility index (Phi) is 7.27. The maximum atomic E-state index is 5.67. The Morgan fingerprint density at radius 2 is 2.06 bits per heavy atom. The summed E-state index contributed by atoms with van der Waals surface area (Å²) in [6.07, 6.45) is 5.05. The molecule has 0 saturated carbocycles. The molecule has 1 aromatic carbocycles. The van der Waals surface area contributed by atoms with Crippen LogP contribution in [0.4, 0.5) is 0 Å². The molecule has 0 spiro atoms. The van der Waals surface area contributed by atoms with Gasteiger partial charge in [0, 0.05) is 11.1 Å². The van der Waals surface area contributed by atoms with E-state index in [0.717, 1.165) is 11.1 Å². The average molecular weight is 303 g/mol. The van der Waals surface area contributed by atoms with Crippen molar-refractivity contribution in [1.82, 2.24) is 0 Å². The van der Waals surface area contributed by atoms with Crippen LogP contribution in [-0.2, 0) is 11.3 Å². The van der Waals surface area contributed by atoms with Gasteiger partial charge in [0.25, 0.3) is 0 Å². The maximum Gasteiger partial charge on any atom is 0.0723 e. The molecule has 0 N–H and O–H groups in total. The topological polar surface area (TPSA) is 9.23 Å². The van der Waals surface area contributed by atoms with Crippen molar-refractivity contribution in [2.24, 2.45) is 0 Å². The normalized spacial score (nSPS) is 10.7. The minimum atomic E-state index is 0.713. The fourth-order valence-electron chi connectivity index (χ4n) is 1.51. The van der Waals surface area contributed by atoms with Crippen molar-refractivity contribution in [3.05, 3.63) is 28.2 Å². The Hall–Kier alpha value is 0.0900. The highest BCUT2D eigenvalue weighted by molar-refractivity contribution is 9.10. The number of hydrogen-bond donors (Lipinski definition) is 0. The molecule has 1 rings (SSSR count). The van der Waals surface area contributed by atoms with Crippen LogP contribution in [0.15, 0.2) is 22.7 Å². The fourth-order valence-corrected chi connectivity index (χ4v) is 2.18. The van der Waals surface area contributed by atoms with Gasteiger partial charge < -0.3 is 4.74 Å². The van der Waals surface area contributed by atoms with Gasteiger partial charge in [0.05, 0.1) is 6.61 Å². The summed E-state index contributed by atoms with van der Waals surface area (Å²) in [6.45, 7) is 3.81. The molecular formula is C13H20BrOP. The third-order valence-corrected chi connectivity index (χ3v) is 3.56. The highest BCUT2D eigenvalue weighted by Crippen LogP contribution is 2.13. The second-order valence-corrected chi connectivity index (χ2v) is 5.49. The Morgan fingerprint density at radius 1 is 1.25 bits per heavy atom. The van der Waals surface area contributed by atoms with E-state index in [4.69, 9.17) is 4.74 Å². The lowest BCUT2D eigenvalue weighted by Gasteiger charge is -2.07. The molecule has 0 radical (unpaired) electrons. The molecule has 0 saturated heterocycles. The standard InChI is InChI=1S/C13H20BrOP/c1-2-3-4-5-8-15-10-11-9-12(14)6-7-13(11)16/h6-7,9H,2-5,8,10,16H2,1H3. The molecule has 90 valence electrons. The van der Waals surface area contributed by atoms with Gasteiger partial charge in [0.2, 0.25) is 0 Å². The number of rotatable bonds is 7. The zero-order valence-corrected chi connectivity index (χ0v) is 12.6. The van der Waals surface area contributed by atoms with Crippen LogP contribution in [0.1, 0.15) is 38.2 Å². The SMILES string of the molecule is CCCCCCOCc1cc(Br)ccc1P. The van der Waals surface area contributed by atoms with Gasteiger partial charge in [-0.2, -0.15) is 0 Å². The summed E-state index contributed by atoms with van der Waals surface area (Å²) < 4.78 is 6.78. The molecule has 1 unspecified atom stereocenters. The zero-order chi connectivity index (χ0) is 11.8. The van der Waals surface area contributed by atoms with Crippen LogP contribution in [0, 0.1) is 0 Å². The third kappa shape index (κ3) is 5.43. The van der Waals surface area contributed by atoms with Crippen molar-refractivity contribution >= 4 is 30.5 Å². The lowest BCUT2D eigenvalue weighted by Crippen LogP contribution is -2.04. The van der Waals surface area contributed by atoms with Gasteiger partial charge in [-0.25, -0.2) is 0 Å². The molecule has 1 aromatic rings.